The number of benzene rings is 1. The van der Waals surface area contributed by atoms with E-state index < -0.39 is 12.4 Å². The largest absolute Gasteiger partial charge is 1.00 e. The summed E-state index contributed by atoms with van der Waals surface area (Å²) in [6.07, 6.45) is 2.14. The van der Waals surface area contributed by atoms with Gasteiger partial charge in [-0.3, -0.25) is 0 Å². The first-order valence-electron chi connectivity index (χ1n) is 6.28. The molecule has 6 heteroatoms. The topological polar surface area (TPSA) is 9.23 Å². The molecule has 0 bridgehead atoms. The van der Waals surface area contributed by atoms with Gasteiger partial charge in [0.2, 0.25) is 0 Å². The normalized spacial score (nSPS) is 12.7. The Hall–Kier alpha value is 0.511. The van der Waals surface area contributed by atoms with Crippen molar-refractivity contribution in [3.05, 3.63) is 23.8 Å². The quantitative estimate of drug-likeness (QED) is 0.708. The van der Waals surface area contributed by atoms with Gasteiger partial charge in [0.05, 0.1) is 6.61 Å². The summed E-state index contributed by atoms with van der Waals surface area (Å²) in [5, 5.41) is 0. The minimum absolute atomic E-state index is 0. The van der Waals surface area contributed by atoms with Gasteiger partial charge in [0.1, 0.15) is 5.75 Å². The molecule has 0 aliphatic heterocycles. The minimum atomic E-state index is -4.93. The summed E-state index contributed by atoms with van der Waals surface area (Å²) in [6, 6.07) is 3.97. The zero-order chi connectivity index (χ0) is 13.8. The van der Waals surface area contributed by atoms with E-state index in [1.54, 1.807) is 0 Å². The molecule has 0 amide bonds. The molecule has 102 valence electrons. The maximum Gasteiger partial charge on any atom is 1.00 e. The first-order chi connectivity index (χ1) is 8.34. The molecule has 1 aromatic rings. The van der Waals surface area contributed by atoms with Gasteiger partial charge in [0.15, 0.2) is 0 Å². The Morgan fingerprint density at radius 3 is 2.37 bits per heavy atom. The third-order valence-corrected chi connectivity index (χ3v) is 2.91. The second kappa shape index (κ2) is 8.72. The van der Waals surface area contributed by atoms with Gasteiger partial charge < -0.3 is 17.7 Å². The van der Waals surface area contributed by atoms with E-state index in [9.17, 15) is 12.9 Å². The van der Waals surface area contributed by atoms with Crippen molar-refractivity contribution in [2.24, 2.45) is 5.92 Å². The zero-order valence-electron chi connectivity index (χ0n) is 12.1. The first-order valence-corrected chi connectivity index (χ1v) is 6.28. The van der Waals surface area contributed by atoms with Crippen LogP contribution in [0.15, 0.2) is 18.2 Å². The molecule has 0 saturated heterocycles. The van der Waals surface area contributed by atoms with Crippen molar-refractivity contribution in [2.45, 2.75) is 33.6 Å². The van der Waals surface area contributed by atoms with Gasteiger partial charge in [-0.25, -0.2) is 0 Å². The zero-order valence-corrected chi connectivity index (χ0v) is 15.2. The number of aryl methyl sites for hydroxylation is 1. The molecule has 0 radical (unpaired) electrons. The molecule has 19 heavy (non-hydrogen) atoms. The Bertz CT molecular complexity index is 396. The average Bonchev–Trinajstić information content (AvgIpc) is 2.25. The molecular formula is C13H19BF3KO. The van der Waals surface area contributed by atoms with Crippen molar-refractivity contribution in [2.75, 3.05) is 6.61 Å². The van der Waals surface area contributed by atoms with Gasteiger partial charge >= 0.3 is 58.4 Å². The fourth-order valence-corrected chi connectivity index (χ4v) is 1.92. The summed E-state index contributed by atoms with van der Waals surface area (Å²) in [7, 11) is 0. The molecule has 0 N–H and O–H groups in total. The third-order valence-electron chi connectivity index (χ3n) is 2.91. The molecular weight excluding hydrogens is 279 g/mol. The molecule has 1 unspecified atom stereocenters. The van der Waals surface area contributed by atoms with Gasteiger partial charge in [-0.2, -0.15) is 0 Å². The molecule has 0 fully saturated rings. The number of ether oxygens (including phenoxy) is 1. The number of hydrogen-bond acceptors (Lipinski definition) is 1. The molecule has 1 rings (SSSR count). The van der Waals surface area contributed by atoms with E-state index in [0.717, 1.165) is 18.9 Å². The summed E-state index contributed by atoms with van der Waals surface area (Å²) in [4.78, 5) is 0. The number of halogens is 3. The predicted octanol–water partition coefficient (Wildman–Crippen LogP) is 0.868. The van der Waals surface area contributed by atoms with Crippen molar-refractivity contribution in [3.63, 3.8) is 0 Å². The molecule has 1 nitrogen and oxygen atoms in total. The van der Waals surface area contributed by atoms with Crippen LogP contribution in [0.25, 0.3) is 0 Å². The van der Waals surface area contributed by atoms with Crippen molar-refractivity contribution >= 4 is 12.4 Å². The van der Waals surface area contributed by atoms with Gasteiger partial charge in [0.25, 0.3) is 0 Å². The second-order valence-corrected chi connectivity index (χ2v) is 4.80. The second-order valence-electron chi connectivity index (χ2n) is 4.80. The van der Waals surface area contributed by atoms with Crippen molar-refractivity contribution in [1.82, 2.24) is 0 Å². The monoisotopic (exact) mass is 298 g/mol. The molecule has 0 aromatic heterocycles. The van der Waals surface area contributed by atoms with Crippen LogP contribution in [-0.2, 0) is 0 Å². The molecule has 0 saturated carbocycles. The van der Waals surface area contributed by atoms with E-state index in [1.807, 2.05) is 0 Å². The maximum absolute atomic E-state index is 12.6. The summed E-state index contributed by atoms with van der Waals surface area (Å²) >= 11 is 0. The Labute approximate surface area is 155 Å². The number of rotatable bonds is 6. The van der Waals surface area contributed by atoms with Crippen molar-refractivity contribution in [1.29, 1.82) is 0 Å². The summed E-state index contributed by atoms with van der Waals surface area (Å²) in [6.45, 7) is 1.25. The van der Waals surface area contributed by atoms with E-state index in [-0.39, 0.29) is 56.9 Å². The molecule has 1 aromatic carbocycles. The van der Waals surface area contributed by atoms with Crippen molar-refractivity contribution in [3.8, 4) is 5.75 Å². The van der Waals surface area contributed by atoms with Crippen LogP contribution in [0.5, 0.6) is 5.75 Å². The van der Waals surface area contributed by atoms with Crippen LogP contribution in [0, 0.1) is 12.8 Å². The Kier molecular flexibility index (Phi) is 8.96. The Balaban J connectivity index is 0.00000324. The van der Waals surface area contributed by atoms with E-state index in [2.05, 4.69) is 13.8 Å². The number of hydrogen-bond donors (Lipinski definition) is 0. The molecule has 0 heterocycles. The van der Waals surface area contributed by atoms with Crippen LogP contribution in [0.4, 0.5) is 12.9 Å². The first kappa shape index (κ1) is 19.5. The van der Waals surface area contributed by atoms with Crippen LogP contribution in [-0.4, -0.2) is 13.6 Å². The van der Waals surface area contributed by atoms with Gasteiger partial charge in [-0.15, -0.1) is 5.46 Å². The summed E-state index contributed by atoms with van der Waals surface area (Å²) in [5.41, 5.74) is -0.313. The molecule has 1 atom stereocenters. The van der Waals surface area contributed by atoms with Crippen LogP contribution < -0.4 is 61.6 Å². The maximum atomic E-state index is 12.6. The van der Waals surface area contributed by atoms with Crippen LogP contribution in [0.3, 0.4) is 0 Å². The summed E-state index contributed by atoms with van der Waals surface area (Å²) in [5.74, 6) is 0.932. The van der Waals surface area contributed by atoms with Crippen LogP contribution >= 0.6 is 0 Å². The molecule has 0 aliphatic rings. The van der Waals surface area contributed by atoms with Gasteiger partial charge in [0, 0.05) is 0 Å². The van der Waals surface area contributed by atoms with Gasteiger partial charge in [-0.1, -0.05) is 31.9 Å². The van der Waals surface area contributed by atoms with Gasteiger partial charge in [-0.05, 0) is 31.4 Å². The minimum Gasteiger partial charge on any atom is -0.493 e. The Morgan fingerprint density at radius 1 is 1.26 bits per heavy atom. The Morgan fingerprint density at radius 2 is 1.89 bits per heavy atom. The van der Waals surface area contributed by atoms with E-state index in [1.165, 1.54) is 19.1 Å². The van der Waals surface area contributed by atoms with E-state index >= 15 is 0 Å². The van der Waals surface area contributed by atoms with Crippen LogP contribution in [0.1, 0.15) is 32.3 Å². The van der Waals surface area contributed by atoms with E-state index in [0.29, 0.717) is 18.3 Å². The SMILES string of the molecule is CCCC(C)COc1ccc([B-](F)(F)F)c(C)c1.[K+]. The predicted molar refractivity (Wildman–Crippen MR) is 69.5 cm³/mol. The third kappa shape index (κ3) is 6.67. The van der Waals surface area contributed by atoms with Crippen molar-refractivity contribution < 1.29 is 69.1 Å². The fraction of sp³-hybridized carbons (Fsp3) is 0.538. The molecule has 0 aliphatic carbocycles. The summed E-state index contributed by atoms with van der Waals surface area (Å²) < 4.78 is 43.4. The standard InChI is InChI=1S/C13H19BF3O.K/c1-4-5-10(2)9-18-12-6-7-13(11(3)8-12)14(15,16)17;/h6-8,10H,4-5,9H2,1-3H3;/q-1;+1. The average molecular weight is 298 g/mol. The van der Waals surface area contributed by atoms with Crippen LogP contribution in [0.2, 0.25) is 0 Å². The molecule has 0 spiro atoms. The smallest absolute Gasteiger partial charge is 0.493 e. The fourth-order valence-electron chi connectivity index (χ4n) is 1.92. The van der Waals surface area contributed by atoms with E-state index in [4.69, 9.17) is 4.74 Å².